The minimum Gasteiger partial charge on any atom is -0.497 e. The molecule has 3 N–H and O–H groups in total. The standard InChI is InChI=1S/C19H21N3O3S/c1-24-16-8-3-14(4-9-16)7-12-18(23)21-22-19(26)20-13-15-5-10-17(25-2)11-6-15/h3-12H,13H2,1-2H3,(H,21,23)(H2,20,22,26)/b12-7+. The van der Waals surface area contributed by atoms with E-state index in [9.17, 15) is 4.79 Å². The van der Waals surface area contributed by atoms with Crippen molar-refractivity contribution in [2.24, 2.45) is 0 Å². The van der Waals surface area contributed by atoms with Gasteiger partial charge in [-0.1, -0.05) is 24.3 Å². The molecule has 2 aromatic rings. The first kappa shape index (κ1) is 19.3. The van der Waals surface area contributed by atoms with Gasteiger partial charge in [0.1, 0.15) is 11.5 Å². The maximum Gasteiger partial charge on any atom is 0.262 e. The molecule has 7 heteroatoms. The zero-order valence-corrected chi connectivity index (χ0v) is 15.4. The Morgan fingerprint density at radius 1 is 0.962 bits per heavy atom. The minimum atomic E-state index is -0.311. The number of thiocarbonyl (C=S) groups is 1. The number of rotatable bonds is 6. The van der Waals surface area contributed by atoms with E-state index in [1.807, 2.05) is 48.5 Å². The molecule has 2 rings (SSSR count). The van der Waals surface area contributed by atoms with E-state index in [0.717, 1.165) is 22.6 Å². The number of carbonyl (C=O) groups is 1. The SMILES string of the molecule is COc1ccc(/C=C/C(=O)NNC(=S)NCc2ccc(OC)cc2)cc1. The molecule has 0 saturated carbocycles. The summed E-state index contributed by atoms with van der Waals surface area (Å²) in [6.45, 7) is 0.535. The van der Waals surface area contributed by atoms with Gasteiger partial charge in [-0.3, -0.25) is 15.6 Å². The van der Waals surface area contributed by atoms with Crippen molar-refractivity contribution in [1.29, 1.82) is 0 Å². The second-order valence-corrected chi connectivity index (χ2v) is 5.66. The molecule has 1 amide bonds. The largest absolute Gasteiger partial charge is 0.497 e. The third-order valence-electron chi connectivity index (χ3n) is 3.45. The number of amides is 1. The van der Waals surface area contributed by atoms with Gasteiger partial charge in [-0.15, -0.1) is 0 Å². The van der Waals surface area contributed by atoms with Crippen LogP contribution in [-0.2, 0) is 11.3 Å². The summed E-state index contributed by atoms with van der Waals surface area (Å²) in [6, 6.07) is 15.0. The predicted octanol–water partition coefficient (Wildman–Crippen LogP) is 2.41. The highest BCUT2D eigenvalue weighted by Gasteiger charge is 1.99. The Hall–Kier alpha value is -3.06. The Balaban J connectivity index is 1.71. The fourth-order valence-corrected chi connectivity index (χ4v) is 2.14. The van der Waals surface area contributed by atoms with Crippen molar-refractivity contribution in [2.45, 2.75) is 6.54 Å². The van der Waals surface area contributed by atoms with Gasteiger partial charge in [-0.05, 0) is 53.7 Å². The molecular formula is C19H21N3O3S. The van der Waals surface area contributed by atoms with Crippen molar-refractivity contribution in [3.05, 3.63) is 65.7 Å². The fourth-order valence-electron chi connectivity index (χ4n) is 2.02. The lowest BCUT2D eigenvalue weighted by Gasteiger charge is -2.10. The summed E-state index contributed by atoms with van der Waals surface area (Å²) in [6.07, 6.45) is 3.12. The lowest BCUT2D eigenvalue weighted by atomic mass is 10.2. The molecule has 0 fully saturated rings. The minimum absolute atomic E-state index is 0.311. The van der Waals surface area contributed by atoms with Crippen molar-refractivity contribution in [2.75, 3.05) is 14.2 Å². The zero-order chi connectivity index (χ0) is 18.8. The second kappa shape index (κ2) is 10.0. The monoisotopic (exact) mass is 371 g/mol. The molecule has 6 nitrogen and oxygen atoms in total. The summed E-state index contributed by atoms with van der Waals surface area (Å²) in [5, 5.41) is 3.33. The topological polar surface area (TPSA) is 71.6 Å². The Bertz CT molecular complexity index is 759. The van der Waals surface area contributed by atoms with E-state index in [0.29, 0.717) is 11.7 Å². The van der Waals surface area contributed by atoms with Crippen LogP contribution in [0.1, 0.15) is 11.1 Å². The first-order valence-electron chi connectivity index (χ1n) is 7.89. The molecule has 0 aliphatic carbocycles. The van der Waals surface area contributed by atoms with Gasteiger partial charge in [0.25, 0.3) is 5.91 Å². The van der Waals surface area contributed by atoms with Gasteiger partial charge in [0, 0.05) is 12.6 Å². The molecule has 0 unspecified atom stereocenters. The van der Waals surface area contributed by atoms with Crippen molar-refractivity contribution < 1.29 is 14.3 Å². The molecule has 0 atom stereocenters. The highest BCUT2D eigenvalue weighted by atomic mass is 32.1. The highest BCUT2D eigenvalue weighted by Crippen LogP contribution is 2.12. The summed E-state index contributed by atoms with van der Waals surface area (Å²) in [5.74, 6) is 1.25. The molecule has 0 aromatic heterocycles. The number of ether oxygens (including phenoxy) is 2. The first-order valence-corrected chi connectivity index (χ1v) is 8.30. The molecule has 0 bridgehead atoms. The number of hydrazine groups is 1. The molecule has 136 valence electrons. The Labute approximate surface area is 158 Å². The van der Waals surface area contributed by atoms with Gasteiger partial charge in [-0.2, -0.15) is 0 Å². The van der Waals surface area contributed by atoms with Crippen LogP contribution in [0.15, 0.2) is 54.6 Å². The lowest BCUT2D eigenvalue weighted by molar-refractivity contribution is -0.116. The summed E-state index contributed by atoms with van der Waals surface area (Å²) < 4.78 is 10.2. The van der Waals surface area contributed by atoms with Crippen molar-refractivity contribution >= 4 is 29.3 Å². The molecule has 2 aromatic carbocycles. The maximum absolute atomic E-state index is 11.8. The molecule has 0 aliphatic rings. The molecule has 0 saturated heterocycles. The van der Waals surface area contributed by atoms with Crippen LogP contribution in [0, 0.1) is 0 Å². The van der Waals surface area contributed by atoms with Gasteiger partial charge in [0.15, 0.2) is 5.11 Å². The van der Waals surface area contributed by atoms with E-state index in [2.05, 4.69) is 16.2 Å². The van der Waals surface area contributed by atoms with Gasteiger partial charge >= 0.3 is 0 Å². The average molecular weight is 371 g/mol. The molecule has 0 radical (unpaired) electrons. The number of benzene rings is 2. The number of methoxy groups -OCH3 is 2. The third kappa shape index (κ3) is 6.45. The summed E-state index contributed by atoms with van der Waals surface area (Å²) in [4.78, 5) is 11.8. The van der Waals surface area contributed by atoms with Crippen LogP contribution in [-0.4, -0.2) is 25.2 Å². The van der Waals surface area contributed by atoms with E-state index in [-0.39, 0.29) is 5.91 Å². The van der Waals surface area contributed by atoms with E-state index in [1.165, 1.54) is 6.08 Å². The smallest absolute Gasteiger partial charge is 0.262 e. The van der Waals surface area contributed by atoms with Crippen LogP contribution in [0.4, 0.5) is 0 Å². The molecule has 26 heavy (non-hydrogen) atoms. The maximum atomic E-state index is 11.8. The third-order valence-corrected chi connectivity index (χ3v) is 3.70. The van der Waals surface area contributed by atoms with E-state index >= 15 is 0 Å². The van der Waals surface area contributed by atoms with Gasteiger partial charge in [-0.25, -0.2) is 0 Å². The Morgan fingerprint density at radius 3 is 2.12 bits per heavy atom. The van der Waals surface area contributed by atoms with Crippen LogP contribution in [0.3, 0.4) is 0 Å². The van der Waals surface area contributed by atoms with Gasteiger partial charge in [0.05, 0.1) is 14.2 Å². The van der Waals surface area contributed by atoms with Gasteiger partial charge < -0.3 is 14.8 Å². The molecule has 0 heterocycles. The molecular weight excluding hydrogens is 350 g/mol. The number of hydrogen-bond acceptors (Lipinski definition) is 4. The average Bonchev–Trinajstić information content (AvgIpc) is 2.69. The summed E-state index contributed by atoms with van der Waals surface area (Å²) in [7, 11) is 3.23. The van der Waals surface area contributed by atoms with E-state index < -0.39 is 0 Å². The van der Waals surface area contributed by atoms with Crippen LogP contribution < -0.4 is 25.6 Å². The number of nitrogens with one attached hydrogen (secondary N) is 3. The Morgan fingerprint density at radius 2 is 1.54 bits per heavy atom. The Kier molecular flexibility index (Phi) is 7.45. The van der Waals surface area contributed by atoms with Crippen molar-refractivity contribution in [3.8, 4) is 11.5 Å². The zero-order valence-electron chi connectivity index (χ0n) is 14.6. The van der Waals surface area contributed by atoms with Crippen LogP contribution in [0.25, 0.3) is 6.08 Å². The second-order valence-electron chi connectivity index (χ2n) is 5.25. The van der Waals surface area contributed by atoms with Crippen molar-refractivity contribution in [3.63, 3.8) is 0 Å². The quantitative estimate of drug-likeness (QED) is 0.412. The first-order chi connectivity index (χ1) is 12.6. The number of carbonyl (C=O) groups excluding carboxylic acids is 1. The highest BCUT2D eigenvalue weighted by molar-refractivity contribution is 7.80. The van der Waals surface area contributed by atoms with E-state index in [1.54, 1.807) is 20.3 Å². The van der Waals surface area contributed by atoms with Crippen LogP contribution >= 0.6 is 12.2 Å². The van der Waals surface area contributed by atoms with Gasteiger partial charge in [0.2, 0.25) is 0 Å². The van der Waals surface area contributed by atoms with Crippen LogP contribution in [0.5, 0.6) is 11.5 Å². The molecule has 0 aliphatic heterocycles. The van der Waals surface area contributed by atoms with Crippen molar-refractivity contribution in [1.82, 2.24) is 16.2 Å². The predicted molar refractivity (Wildman–Crippen MR) is 106 cm³/mol. The lowest BCUT2D eigenvalue weighted by Crippen LogP contribution is -2.45. The number of hydrogen-bond donors (Lipinski definition) is 3. The molecule has 0 spiro atoms. The normalized spacial score (nSPS) is 10.2. The summed E-state index contributed by atoms with van der Waals surface area (Å²) >= 11 is 5.13. The van der Waals surface area contributed by atoms with E-state index in [4.69, 9.17) is 21.7 Å². The summed E-state index contributed by atoms with van der Waals surface area (Å²) in [5.41, 5.74) is 7.09. The van der Waals surface area contributed by atoms with Crippen LogP contribution in [0.2, 0.25) is 0 Å². The fraction of sp³-hybridized carbons (Fsp3) is 0.158.